The molecular weight excluding hydrogens is 410 g/mol. The first kappa shape index (κ1) is 20.6. The van der Waals surface area contributed by atoms with Crippen molar-refractivity contribution in [3.05, 3.63) is 88.8 Å². The lowest BCUT2D eigenvalue weighted by Crippen LogP contribution is -2.19. The van der Waals surface area contributed by atoms with E-state index < -0.39 is 0 Å². The topological polar surface area (TPSA) is 92.7 Å². The standard InChI is InChI=1S/C23H21N5O2S/c1-16-14-22(30)26-23(24-16)28-20(15-19(27-28)17-8-4-2-5-9-17)25-21(29)12-13-31-18-10-6-3-7-11-18/h2-11,14-15H,12-13H2,1H3,(H,25,29)(H,24,26,30). The molecule has 0 unspecified atom stereocenters. The highest BCUT2D eigenvalue weighted by molar-refractivity contribution is 7.99. The smallest absolute Gasteiger partial charge is 0.252 e. The summed E-state index contributed by atoms with van der Waals surface area (Å²) < 4.78 is 1.46. The molecule has 0 atom stereocenters. The first-order valence-electron chi connectivity index (χ1n) is 9.80. The van der Waals surface area contributed by atoms with E-state index in [4.69, 9.17) is 0 Å². The molecule has 0 aliphatic heterocycles. The van der Waals surface area contributed by atoms with Gasteiger partial charge in [-0.1, -0.05) is 48.5 Å². The van der Waals surface area contributed by atoms with Crippen LogP contribution >= 0.6 is 11.8 Å². The third-order valence-electron chi connectivity index (χ3n) is 4.45. The molecule has 0 saturated carbocycles. The van der Waals surface area contributed by atoms with Crippen LogP contribution in [0.3, 0.4) is 0 Å². The maximum absolute atomic E-state index is 12.6. The predicted molar refractivity (Wildman–Crippen MR) is 123 cm³/mol. The second-order valence-electron chi connectivity index (χ2n) is 6.86. The third-order valence-corrected chi connectivity index (χ3v) is 5.46. The van der Waals surface area contributed by atoms with Gasteiger partial charge in [-0.2, -0.15) is 9.78 Å². The quantitative estimate of drug-likeness (QED) is 0.431. The largest absolute Gasteiger partial charge is 0.310 e. The summed E-state index contributed by atoms with van der Waals surface area (Å²) in [5.41, 5.74) is 1.84. The van der Waals surface area contributed by atoms with Crippen LogP contribution in [0.15, 0.2) is 82.5 Å². The molecule has 0 aliphatic rings. The van der Waals surface area contributed by atoms with Crippen LogP contribution in [0, 0.1) is 6.92 Å². The molecule has 7 nitrogen and oxygen atoms in total. The van der Waals surface area contributed by atoms with E-state index in [0.29, 0.717) is 29.4 Å². The summed E-state index contributed by atoms with van der Waals surface area (Å²) in [5, 5.41) is 7.49. The zero-order chi connectivity index (χ0) is 21.6. The van der Waals surface area contributed by atoms with Crippen molar-refractivity contribution >= 4 is 23.5 Å². The number of nitrogens with one attached hydrogen (secondary N) is 2. The lowest BCUT2D eigenvalue weighted by atomic mass is 10.1. The number of aromatic nitrogens is 4. The van der Waals surface area contributed by atoms with Gasteiger partial charge in [0, 0.05) is 40.5 Å². The minimum atomic E-state index is -0.282. The van der Waals surface area contributed by atoms with Crippen molar-refractivity contribution in [2.24, 2.45) is 0 Å². The molecule has 2 aromatic heterocycles. The fraction of sp³-hybridized carbons (Fsp3) is 0.130. The normalized spacial score (nSPS) is 10.7. The van der Waals surface area contributed by atoms with E-state index in [1.54, 1.807) is 24.8 Å². The summed E-state index contributed by atoms with van der Waals surface area (Å²) in [5.74, 6) is 1.21. The molecular formula is C23H21N5O2S. The average Bonchev–Trinajstić information content (AvgIpc) is 3.18. The Bertz CT molecular complexity index is 1240. The van der Waals surface area contributed by atoms with Crippen molar-refractivity contribution in [1.82, 2.24) is 19.7 Å². The number of amides is 1. The van der Waals surface area contributed by atoms with Gasteiger partial charge in [-0.25, -0.2) is 4.98 Å². The van der Waals surface area contributed by atoms with Gasteiger partial charge in [0.1, 0.15) is 5.82 Å². The third kappa shape index (κ3) is 5.29. The van der Waals surface area contributed by atoms with Gasteiger partial charge in [-0.3, -0.25) is 14.6 Å². The van der Waals surface area contributed by atoms with E-state index >= 15 is 0 Å². The molecule has 31 heavy (non-hydrogen) atoms. The van der Waals surface area contributed by atoms with Gasteiger partial charge < -0.3 is 5.32 Å². The van der Waals surface area contributed by atoms with Crippen molar-refractivity contribution in [1.29, 1.82) is 0 Å². The van der Waals surface area contributed by atoms with E-state index in [0.717, 1.165) is 10.5 Å². The van der Waals surface area contributed by atoms with Crippen molar-refractivity contribution in [2.75, 3.05) is 11.1 Å². The van der Waals surface area contributed by atoms with Gasteiger partial charge in [-0.15, -0.1) is 11.8 Å². The number of carbonyl (C=O) groups is 1. The maximum Gasteiger partial charge on any atom is 0.252 e. The molecule has 2 N–H and O–H groups in total. The molecule has 1 amide bonds. The highest BCUT2D eigenvalue weighted by Crippen LogP contribution is 2.24. The number of hydrogen-bond donors (Lipinski definition) is 2. The zero-order valence-corrected chi connectivity index (χ0v) is 17.7. The summed E-state index contributed by atoms with van der Waals surface area (Å²) in [6, 6.07) is 22.8. The van der Waals surface area contributed by atoms with Crippen LogP contribution < -0.4 is 10.9 Å². The molecule has 2 aromatic carbocycles. The number of nitrogens with zero attached hydrogens (tertiary/aromatic N) is 3. The lowest BCUT2D eigenvalue weighted by molar-refractivity contribution is -0.115. The molecule has 8 heteroatoms. The lowest BCUT2D eigenvalue weighted by Gasteiger charge is -2.08. The monoisotopic (exact) mass is 431 g/mol. The molecule has 0 aliphatic carbocycles. The number of H-pyrrole nitrogens is 1. The number of thioether (sulfide) groups is 1. The van der Waals surface area contributed by atoms with Crippen LogP contribution in [-0.4, -0.2) is 31.4 Å². The number of hydrogen-bond acceptors (Lipinski definition) is 5. The molecule has 0 bridgehead atoms. The minimum Gasteiger partial charge on any atom is -0.310 e. The average molecular weight is 432 g/mol. The summed E-state index contributed by atoms with van der Waals surface area (Å²) in [6.45, 7) is 1.74. The van der Waals surface area contributed by atoms with Gasteiger partial charge >= 0.3 is 0 Å². The maximum atomic E-state index is 12.6. The fourth-order valence-corrected chi connectivity index (χ4v) is 3.90. The van der Waals surface area contributed by atoms with Crippen LogP contribution in [0.2, 0.25) is 0 Å². The van der Waals surface area contributed by atoms with Crippen LogP contribution in [0.5, 0.6) is 0 Å². The highest BCUT2D eigenvalue weighted by Gasteiger charge is 2.15. The van der Waals surface area contributed by atoms with E-state index in [2.05, 4.69) is 20.4 Å². The molecule has 156 valence electrons. The Morgan fingerprint density at radius 1 is 1.06 bits per heavy atom. The number of benzene rings is 2. The van der Waals surface area contributed by atoms with Crippen molar-refractivity contribution < 1.29 is 4.79 Å². The number of aryl methyl sites for hydroxylation is 1. The molecule has 0 saturated heterocycles. The van der Waals surface area contributed by atoms with Crippen molar-refractivity contribution in [3.8, 4) is 17.2 Å². The zero-order valence-electron chi connectivity index (χ0n) is 16.9. The Morgan fingerprint density at radius 3 is 2.48 bits per heavy atom. The van der Waals surface area contributed by atoms with Gasteiger partial charge in [0.2, 0.25) is 11.9 Å². The summed E-state index contributed by atoms with van der Waals surface area (Å²) in [6.07, 6.45) is 0.336. The summed E-state index contributed by atoms with van der Waals surface area (Å²) in [7, 11) is 0. The minimum absolute atomic E-state index is 0.140. The van der Waals surface area contributed by atoms with E-state index in [1.807, 2.05) is 60.7 Å². The van der Waals surface area contributed by atoms with Crippen LogP contribution in [0.1, 0.15) is 12.1 Å². The molecule has 4 rings (SSSR count). The van der Waals surface area contributed by atoms with Crippen LogP contribution in [0.4, 0.5) is 5.82 Å². The van der Waals surface area contributed by atoms with Crippen LogP contribution in [-0.2, 0) is 4.79 Å². The summed E-state index contributed by atoms with van der Waals surface area (Å²) in [4.78, 5) is 32.7. The van der Waals surface area contributed by atoms with Gasteiger partial charge in [-0.05, 0) is 19.1 Å². The van der Waals surface area contributed by atoms with E-state index in [-0.39, 0.29) is 17.4 Å². The second kappa shape index (κ2) is 9.44. The highest BCUT2D eigenvalue weighted by atomic mass is 32.2. The Kier molecular flexibility index (Phi) is 6.28. The fourth-order valence-electron chi connectivity index (χ4n) is 3.03. The van der Waals surface area contributed by atoms with Crippen LogP contribution in [0.25, 0.3) is 17.2 Å². The molecule has 0 fully saturated rings. The first-order chi connectivity index (χ1) is 15.1. The van der Waals surface area contributed by atoms with Gasteiger partial charge in [0.25, 0.3) is 5.56 Å². The summed E-state index contributed by atoms with van der Waals surface area (Å²) >= 11 is 1.62. The molecule has 2 heterocycles. The van der Waals surface area contributed by atoms with Gasteiger partial charge in [0.15, 0.2) is 0 Å². The Balaban J connectivity index is 1.57. The van der Waals surface area contributed by atoms with Gasteiger partial charge in [0.05, 0.1) is 5.69 Å². The van der Waals surface area contributed by atoms with Crippen molar-refractivity contribution in [3.63, 3.8) is 0 Å². The van der Waals surface area contributed by atoms with Crippen molar-refractivity contribution in [2.45, 2.75) is 18.2 Å². The number of rotatable bonds is 7. The Labute approximate surface area is 183 Å². The Morgan fingerprint density at radius 2 is 1.77 bits per heavy atom. The molecule has 4 aromatic rings. The Hall–Kier alpha value is -3.65. The SMILES string of the molecule is Cc1cc(=O)[nH]c(-n2nc(-c3ccccc3)cc2NC(=O)CCSc2ccccc2)n1. The number of aromatic amines is 1. The first-order valence-corrected chi connectivity index (χ1v) is 10.8. The number of carbonyl (C=O) groups excluding carboxylic acids is 1. The molecule has 0 radical (unpaired) electrons. The van der Waals surface area contributed by atoms with E-state index in [1.165, 1.54) is 10.7 Å². The van der Waals surface area contributed by atoms with E-state index in [9.17, 15) is 9.59 Å². The second-order valence-corrected chi connectivity index (χ2v) is 8.03. The molecule has 0 spiro atoms. The number of anilines is 1. The predicted octanol–water partition coefficient (Wildman–Crippen LogP) is 4.05.